The van der Waals surface area contributed by atoms with Crippen LogP contribution in [0, 0.1) is 0 Å². The molecule has 5 nitrogen and oxygen atoms in total. The minimum absolute atomic E-state index is 0.130. The molecule has 2 aliphatic heterocycles. The van der Waals surface area contributed by atoms with E-state index in [0.717, 1.165) is 31.0 Å². The SMILES string of the molecule is CC1CCCCN1C1CN(Cc2cc(C(N)=O)oc2C(C)(C)C)C1. The number of nitrogens with zero attached hydrogens (tertiary/aromatic N) is 2. The summed E-state index contributed by atoms with van der Waals surface area (Å²) in [7, 11) is 0. The lowest BCUT2D eigenvalue weighted by molar-refractivity contribution is -0.00654. The van der Waals surface area contributed by atoms with Crippen LogP contribution in [0.3, 0.4) is 0 Å². The van der Waals surface area contributed by atoms with Crippen LogP contribution in [0.2, 0.25) is 0 Å². The van der Waals surface area contributed by atoms with Crippen LogP contribution < -0.4 is 5.73 Å². The lowest BCUT2D eigenvalue weighted by Crippen LogP contribution is -2.61. The van der Waals surface area contributed by atoms with Crippen LogP contribution in [0.25, 0.3) is 0 Å². The van der Waals surface area contributed by atoms with E-state index in [1.807, 2.05) is 6.07 Å². The number of hydrogen-bond acceptors (Lipinski definition) is 4. The van der Waals surface area contributed by atoms with Crippen LogP contribution in [0.4, 0.5) is 0 Å². The van der Waals surface area contributed by atoms with Gasteiger partial charge in [0.2, 0.25) is 0 Å². The Labute approximate surface area is 145 Å². The number of likely N-dealkylation sites (tertiary alicyclic amines) is 2. The quantitative estimate of drug-likeness (QED) is 0.920. The van der Waals surface area contributed by atoms with E-state index in [-0.39, 0.29) is 11.2 Å². The molecule has 134 valence electrons. The highest BCUT2D eigenvalue weighted by molar-refractivity contribution is 5.90. The fourth-order valence-corrected chi connectivity index (χ4v) is 4.09. The molecule has 0 spiro atoms. The molecule has 2 fully saturated rings. The van der Waals surface area contributed by atoms with Crippen LogP contribution in [-0.4, -0.2) is 47.4 Å². The van der Waals surface area contributed by atoms with Crippen LogP contribution >= 0.6 is 0 Å². The van der Waals surface area contributed by atoms with Gasteiger partial charge in [-0.3, -0.25) is 14.6 Å². The number of piperidine rings is 1. The summed E-state index contributed by atoms with van der Waals surface area (Å²) in [5.74, 6) is 0.665. The van der Waals surface area contributed by atoms with E-state index >= 15 is 0 Å². The van der Waals surface area contributed by atoms with Crippen molar-refractivity contribution in [1.29, 1.82) is 0 Å². The maximum absolute atomic E-state index is 11.5. The second-order valence-corrected chi connectivity index (χ2v) is 8.51. The predicted molar refractivity (Wildman–Crippen MR) is 95.0 cm³/mol. The number of rotatable bonds is 4. The van der Waals surface area contributed by atoms with E-state index in [1.165, 1.54) is 25.8 Å². The molecular weight excluding hydrogens is 302 g/mol. The van der Waals surface area contributed by atoms with Crippen LogP contribution in [-0.2, 0) is 12.0 Å². The molecule has 2 saturated heterocycles. The van der Waals surface area contributed by atoms with Gasteiger partial charge in [0.25, 0.3) is 5.91 Å². The van der Waals surface area contributed by atoms with Gasteiger partial charge in [-0.2, -0.15) is 0 Å². The second kappa shape index (κ2) is 6.52. The number of carbonyl (C=O) groups is 1. The van der Waals surface area contributed by atoms with Crippen molar-refractivity contribution in [2.45, 2.75) is 71.0 Å². The highest BCUT2D eigenvalue weighted by atomic mass is 16.4. The van der Waals surface area contributed by atoms with Crippen molar-refractivity contribution in [3.63, 3.8) is 0 Å². The number of hydrogen-bond donors (Lipinski definition) is 1. The number of primary amides is 1. The van der Waals surface area contributed by atoms with E-state index in [2.05, 4.69) is 37.5 Å². The maximum Gasteiger partial charge on any atom is 0.284 e. The molecule has 2 N–H and O–H groups in total. The normalized spacial score (nSPS) is 24.1. The second-order valence-electron chi connectivity index (χ2n) is 8.51. The average Bonchev–Trinajstić information content (AvgIpc) is 2.88. The molecule has 2 aliphatic rings. The topological polar surface area (TPSA) is 62.7 Å². The van der Waals surface area contributed by atoms with E-state index in [1.54, 1.807) is 0 Å². The van der Waals surface area contributed by atoms with Crippen molar-refractivity contribution in [3.8, 4) is 0 Å². The van der Waals surface area contributed by atoms with Gasteiger partial charge < -0.3 is 10.2 Å². The fraction of sp³-hybridized carbons (Fsp3) is 0.737. The average molecular weight is 333 g/mol. The van der Waals surface area contributed by atoms with Gasteiger partial charge in [-0.25, -0.2) is 0 Å². The largest absolute Gasteiger partial charge is 0.455 e. The van der Waals surface area contributed by atoms with E-state index < -0.39 is 5.91 Å². The summed E-state index contributed by atoms with van der Waals surface area (Å²) in [5.41, 5.74) is 6.37. The van der Waals surface area contributed by atoms with Crippen LogP contribution in [0.1, 0.15) is 68.8 Å². The lowest BCUT2D eigenvalue weighted by atomic mass is 9.90. The molecule has 0 aliphatic carbocycles. The number of furan rings is 1. The molecule has 1 aromatic rings. The zero-order valence-electron chi connectivity index (χ0n) is 15.5. The molecule has 1 amide bonds. The molecule has 0 saturated carbocycles. The van der Waals surface area contributed by atoms with Crippen molar-refractivity contribution in [1.82, 2.24) is 9.80 Å². The van der Waals surface area contributed by atoms with Gasteiger partial charge in [0.05, 0.1) is 0 Å². The fourth-order valence-electron chi connectivity index (χ4n) is 4.09. The summed E-state index contributed by atoms with van der Waals surface area (Å²) in [6, 6.07) is 3.23. The first kappa shape index (κ1) is 17.5. The molecule has 24 heavy (non-hydrogen) atoms. The Bertz CT molecular complexity index is 596. The summed E-state index contributed by atoms with van der Waals surface area (Å²) in [6.45, 7) is 13.0. The molecule has 0 aromatic carbocycles. The minimum Gasteiger partial charge on any atom is -0.455 e. The number of amides is 1. The first-order valence-electron chi connectivity index (χ1n) is 9.17. The molecular formula is C19H31N3O2. The highest BCUT2D eigenvalue weighted by Gasteiger charge is 2.36. The molecule has 3 rings (SSSR count). The van der Waals surface area contributed by atoms with Gasteiger partial charge in [0.1, 0.15) is 5.76 Å². The molecule has 0 radical (unpaired) electrons. The summed E-state index contributed by atoms with van der Waals surface area (Å²) >= 11 is 0. The van der Waals surface area contributed by atoms with Crippen LogP contribution in [0.15, 0.2) is 10.5 Å². The number of carbonyl (C=O) groups excluding carboxylic acids is 1. The predicted octanol–water partition coefficient (Wildman–Crippen LogP) is 2.73. The van der Waals surface area contributed by atoms with E-state index in [0.29, 0.717) is 12.1 Å². The highest BCUT2D eigenvalue weighted by Crippen LogP contribution is 2.32. The smallest absolute Gasteiger partial charge is 0.284 e. The Morgan fingerprint density at radius 3 is 2.62 bits per heavy atom. The summed E-state index contributed by atoms with van der Waals surface area (Å²) in [5, 5.41) is 0. The Kier molecular flexibility index (Phi) is 4.76. The molecule has 5 heteroatoms. The Morgan fingerprint density at radius 2 is 2.04 bits per heavy atom. The van der Waals surface area contributed by atoms with Gasteiger partial charge in [0, 0.05) is 42.7 Å². The van der Waals surface area contributed by atoms with Gasteiger partial charge in [-0.05, 0) is 32.4 Å². The van der Waals surface area contributed by atoms with E-state index in [4.69, 9.17) is 10.2 Å². The van der Waals surface area contributed by atoms with Crippen molar-refractivity contribution in [2.75, 3.05) is 19.6 Å². The molecule has 3 heterocycles. The molecule has 1 atom stereocenters. The van der Waals surface area contributed by atoms with Gasteiger partial charge in [-0.1, -0.05) is 27.2 Å². The zero-order chi connectivity index (χ0) is 17.5. The summed E-state index contributed by atoms with van der Waals surface area (Å²) in [4.78, 5) is 16.6. The third-order valence-electron chi connectivity index (χ3n) is 5.39. The van der Waals surface area contributed by atoms with Crippen molar-refractivity contribution < 1.29 is 9.21 Å². The van der Waals surface area contributed by atoms with Gasteiger partial charge in [0.15, 0.2) is 5.76 Å². The molecule has 0 bridgehead atoms. The Balaban J connectivity index is 1.64. The minimum atomic E-state index is -0.490. The van der Waals surface area contributed by atoms with Gasteiger partial charge >= 0.3 is 0 Å². The van der Waals surface area contributed by atoms with E-state index in [9.17, 15) is 4.79 Å². The molecule has 1 aromatic heterocycles. The standard InChI is InChI=1S/C19H31N3O2/c1-13-7-5-6-8-22(13)15-11-21(12-15)10-14-9-16(18(20)23)24-17(14)19(2,3)4/h9,13,15H,5-8,10-12H2,1-4H3,(H2,20,23). The monoisotopic (exact) mass is 333 g/mol. The molecule has 1 unspecified atom stereocenters. The third-order valence-corrected chi connectivity index (χ3v) is 5.39. The Morgan fingerprint density at radius 1 is 1.33 bits per heavy atom. The maximum atomic E-state index is 11.5. The lowest BCUT2D eigenvalue weighted by Gasteiger charge is -2.49. The van der Waals surface area contributed by atoms with Crippen molar-refractivity contribution in [2.24, 2.45) is 5.73 Å². The van der Waals surface area contributed by atoms with Crippen LogP contribution in [0.5, 0.6) is 0 Å². The van der Waals surface area contributed by atoms with Crippen molar-refractivity contribution >= 4 is 5.91 Å². The number of nitrogens with two attached hydrogens (primary N) is 1. The Hall–Kier alpha value is -1.33. The summed E-state index contributed by atoms with van der Waals surface area (Å²) < 4.78 is 5.76. The first-order valence-corrected chi connectivity index (χ1v) is 9.17. The third kappa shape index (κ3) is 3.52. The first-order chi connectivity index (χ1) is 11.3. The zero-order valence-corrected chi connectivity index (χ0v) is 15.5. The summed E-state index contributed by atoms with van der Waals surface area (Å²) in [6.07, 6.45) is 4.03. The van der Waals surface area contributed by atoms with Crippen molar-refractivity contribution in [3.05, 3.63) is 23.2 Å². The van der Waals surface area contributed by atoms with Gasteiger partial charge in [-0.15, -0.1) is 0 Å².